The van der Waals surface area contributed by atoms with Crippen LogP contribution in [0.3, 0.4) is 0 Å². The molecule has 0 aliphatic heterocycles. The molecule has 1 aliphatic rings. The Morgan fingerprint density at radius 1 is 1.03 bits per heavy atom. The molecule has 0 unspecified atom stereocenters. The molecule has 0 radical (unpaired) electrons. The number of fused-ring (bicyclic) bond motifs is 2. The lowest BCUT2D eigenvalue weighted by Crippen LogP contribution is -2.21. The molecule has 1 aliphatic carbocycles. The number of ether oxygens (including phenoxy) is 2. The molecule has 31 heavy (non-hydrogen) atoms. The van der Waals surface area contributed by atoms with Gasteiger partial charge in [0.1, 0.15) is 10.8 Å². The zero-order valence-corrected chi connectivity index (χ0v) is 18.6. The summed E-state index contributed by atoms with van der Waals surface area (Å²) in [5.74, 6) is 0.0134. The van der Waals surface area contributed by atoms with Gasteiger partial charge in [0, 0.05) is 4.88 Å². The highest BCUT2D eigenvalue weighted by Gasteiger charge is 2.26. The van der Waals surface area contributed by atoms with Gasteiger partial charge >= 0.3 is 5.97 Å². The van der Waals surface area contributed by atoms with Gasteiger partial charge in [-0.15, -0.1) is 11.3 Å². The van der Waals surface area contributed by atoms with Crippen molar-refractivity contribution in [2.75, 3.05) is 18.5 Å². The van der Waals surface area contributed by atoms with Gasteiger partial charge in [-0.05, 0) is 60.6 Å². The van der Waals surface area contributed by atoms with Crippen LogP contribution in [-0.4, -0.2) is 25.1 Å². The van der Waals surface area contributed by atoms with Crippen LogP contribution in [0, 0.1) is 0 Å². The first-order chi connectivity index (χ1) is 15.2. The second-order valence-corrected chi connectivity index (χ2v) is 8.86. The van der Waals surface area contributed by atoms with Crippen LogP contribution in [0.25, 0.3) is 10.8 Å². The van der Waals surface area contributed by atoms with Crippen molar-refractivity contribution in [3.63, 3.8) is 0 Å². The molecular formula is C25H27NO4S. The third-order valence-corrected chi connectivity index (χ3v) is 6.61. The second kappa shape index (κ2) is 9.96. The second-order valence-electron chi connectivity index (χ2n) is 7.75. The minimum atomic E-state index is -0.341. The van der Waals surface area contributed by atoms with E-state index in [0.29, 0.717) is 22.9 Å². The summed E-state index contributed by atoms with van der Waals surface area (Å²) >= 11 is 1.50. The van der Waals surface area contributed by atoms with Crippen molar-refractivity contribution < 1.29 is 19.1 Å². The van der Waals surface area contributed by atoms with Crippen LogP contribution in [0.15, 0.2) is 42.5 Å². The Morgan fingerprint density at radius 2 is 1.84 bits per heavy atom. The predicted molar refractivity (Wildman–Crippen MR) is 124 cm³/mol. The van der Waals surface area contributed by atoms with E-state index in [9.17, 15) is 9.59 Å². The molecule has 0 atom stereocenters. The highest BCUT2D eigenvalue weighted by molar-refractivity contribution is 7.17. The molecule has 4 rings (SSSR count). The Bertz CT molecular complexity index is 1090. The fraction of sp³-hybridized carbons (Fsp3) is 0.360. The third kappa shape index (κ3) is 5.07. The van der Waals surface area contributed by atoms with Crippen LogP contribution >= 0.6 is 11.3 Å². The molecule has 6 heteroatoms. The summed E-state index contributed by atoms with van der Waals surface area (Å²) in [5.41, 5.74) is 1.59. The number of carbonyl (C=O) groups excluding carboxylic acids is 2. The van der Waals surface area contributed by atoms with Crippen molar-refractivity contribution in [1.29, 1.82) is 0 Å². The minimum Gasteiger partial charge on any atom is -0.484 e. The third-order valence-electron chi connectivity index (χ3n) is 5.41. The molecule has 162 valence electrons. The lowest BCUT2D eigenvalue weighted by molar-refractivity contribution is -0.118. The first kappa shape index (κ1) is 21.4. The molecule has 0 spiro atoms. The minimum absolute atomic E-state index is 0.121. The van der Waals surface area contributed by atoms with E-state index >= 15 is 0 Å². The lowest BCUT2D eigenvalue weighted by Gasteiger charge is -2.10. The van der Waals surface area contributed by atoms with Gasteiger partial charge in [-0.1, -0.05) is 43.7 Å². The van der Waals surface area contributed by atoms with E-state index in [2.05, 4.69) is 5.32 Å². The van der Waals surface area contributed by atoms with Gasteiger partial charge in [0.05, 0.1) is 12.2 Å². The maximum atomic E-state index is 12.8. The molecular weight excluding hydrogens is 410 g/mol. The van der Waals surface area contributed by atoms with Crippen molar-refractivity contribution in [2.24, 2.45) is 0 Å². The molecule has 1 heterocycles. The van der Waals surface area contributed by atoms with Crippen LogP contribution in [0.1, 0.15) is 53.4 Å². The van der Waals surface area contributed by atoms with Crippen molar-refractivity contribution in [3.05, 3.63) is 58.5 Å². The molecule has 3 aromatic rings. The number of esters is 1. The number of benzene rings is 2. The molecule has 1 aromatic heterocycles. The molecule has 5 nitrogen and oxygen atoms in total. The summed E-state index contributed by atoms with van der Waals surface area (Å²) < 4.78 is 11.1. The van der Waals surface area contributed by atoms with Crippen molar-refractivity contribution in [2.45, 2.75) is 45.4 Å². The summed E-state index contributed by atoms with van der Waals surface area (Å²) in [7, 11) is 0. The van der Waals surface area contributed by atoms with Crippen LogP contribution in [0.4, 0.5) is 5.00 Å². The molecule has 2 aromatic carbocycles. The average molecular weight is 438 g/mol. The normalized spacial score (nSPS) is 13.3. The summed E-state index contributed by atoms with van der Waals surface area (Å²) in [5, 5.41) is 5.67. The molecule has 1 N–H and O–H groups in total. The van der Waals surface area contributed by atoms with E-state index in [-0.39, 0.29) is 18.5 Å². The maximum Gasteiger partial charge on any atom is 0.341 e. The van der Waals surface area contributed by atoms with E-state index in [1.807, 2.05) is 49.4 Å². The Hall–Kier alpha value is -2.86. The SMILES string of the molecule is CCCOC(=O)c1c(NC(=O)COc2ccc3ccccc3c2)sc2c1CCCCC2. The van der Waals surface area contributed by atoms with E-state index in [4.69, 9.17) is 9.47 Å². The first-order valence-corrected chi connectivity index (χ1v) is 11.7. The highest BCUT2D eigenvalue weighted by Crippen LogP contribution is 2.38. The largest absolute Gasteiger partial charge is 0.484 e. The fourth-order valence-corrected chi connectivity index (χ4v) is 5.18. The number of amides is 1. The summed E-state index contributed by atoms with van der Waals surface area (Å²) in [6.07, 6.45) is 5.88. The van der Waals surface area contributed by atoms with Gasteiger partial charge in [0.25, 0.3) is 5.91 Å². The number of anilines is 1. The van der Waals surface area contributed by atoms with Gasteiger partial charge in [-0.25, -0.2) is 4.79 Å². The molecule has 0 fully saturated rings. The van der Waals surface area contributed by atoms with Gasteiger partial charge in [0.15, 0.2) is 6.61 Å². The smallest absolute Gasteiger partial charge is 0.341 e. The van der Waals surface area contributed by atoms with E-state index in [1.165, 1.54) is 16.2 Å². The fourth-order valence-electron chi connectivity index (χ4n) is 3.88. The summed E-state index contributed by atoms with van der Waals surface area (Å²) in [4.78, 5) is 26.6. The number of hydrogen-bond acceptors (Lipinski definition) is 5. The van der Waals surface area contributed by atoms with Crippen LogP contribution < -0.4 is 10.1 Å². The number of thiophene rings is 1. The molecule has 0 bridgehead atoms. The monoisotopic (exact) mass is 437 g/mol. The number of carbonyl (C=O) groups is 2. The Morgan fingerprint density at radius 3 is 2.68 bits per heavy atom. The summed E-state index contributed by atoms with van der Waals surface area (Å²) in [6.45, 7) is 2.22. The number of aryl methyl sites for hydroxylation is 1. The molecule has 1 amide bonds. The molecule has 0 saturated heterocycles. The van der Waals surface area contributed by atoms with Gasteiger partial charge in [-0.2, -0.15) is 0 Å². The lowest BCUT2D eigenvalue weighted by atomic mass is 10.1. The van der Waals surface area contributed by atoms with Crippen LogP contribution in [-0.2, 0) is 22.4 Å². The summed E-state index contributed by atoms with van der Waals surface area (Å²) in [6, 6.07) is 13.8. The number of nitrogens with one attached hydrogen (secondary N) is 1. The van der Waals surface area contributed by atoms with Crippen molar-refractivity contribution >= 4 is 39.0 Å². The standard InChI is InChI=1S/C25H27NO4S/c1-2-14-29-25(28)23-20-10-4-3-5-11-21(20)31-24(23)26-22(27)16-30-19-13-12-17-8-6-7-9-18(17)15-19/h6-9,12-13,15H,2-5,10-11,14,16H2,1H3,(H,26,27). The molecule has 0 saturated carbocycles. The first-order valence-electron chi connectivity index (χ1n) is 10.9. The van der Waals surface area contributed by atoms with Gasteiger partial charge in [0.2, 0.25) is 0 Å². The number of rotatable bonds is 7. The van der Waals surface area contributed by atoms with E-state index in [0.717, 1.165) is 54.9 Å². The highest BCUT2D eigenvalue weighted by atomic mass is 32.1. The Labute approximate surface area is 186 Å². The maximum absolute atomic E-state index is 12.8. The quantitative estimate of drug-likeness (QED) is 0.377. The van der Waals surface area contributed by atoms with Crippen LogP contribution in [0.2, 0.25) is 0 Å². The number of hydrogen-bond donors (Lipinski definition) is 1. The van der Waals surface area contributed by atoms with Crippen molar-refractivity contribution in [1.82, 2.24) is 0 Å². The Balaban J connectivity index is 1.48. The van der Waals surface area contributed by atoms with E-state index in [1.54, 1.807) is 0 Å². The topological polar surface area (TPSA) is 64.6 Å². The van der Waals surface area contributed by atoms with Crippen LogP contribution in [0.5, 0.6) is 5.75 Å². The van der Waals surface area contributed by atoms with Crippen molar-refractivity contribution in [3.8, 4) is 5.75 Å². The van der Waals surface area contributed by atoms with Gasteiger partial charge < -0.3 is 14.8 Å². The zero-order chi connectivity index (χ0) is 21.6. The average Bonchev–Trinajstić information content (AvgIpc) is 2.96. The van der Waals surface area contributed by atoms with E-state index < -0.39 is 0 Å². The predicted octanol–water partition coefficient (Wildman–Crippen LogP) is 5.75. The zero-order valence-electron chi connectivity index (χ0n) is 17.7. The van der Waals surface area contributed by atoms with Gasteiger partial charge in [-0.3, -0.25) is 4.79 Å². The Kier molecular flexibility index (Phi) is 6.87.